The highest BCUT2D eigenvalue weighted by Crippen LogP contribution is 2.23. The Balaban J connectivity index is 1.44. The van der Waals surface area contributed by atoms with Crippen molar-refractivity contribution in [2.45, 2.75) is 6.92 Å². The summed E-state index contributed by atoms with van der Waals surface area (Å²) in [5.41, 5.74) is 3.27. The number of piperazine rings is 1. The Morgan fingerprint density at radius 1 is 0.963 bits per heavy atom. The fraction of sp³-hybridized carbons (Fsp3) is 0.250. The SMILES string of the molecule is Cc1cc(Cl)ccc1Nc1cnnc(N2CCN(c3ccccc3)CC2)n1. The zero-order chi connectivity index (χ0) is 18.6. The van der Waals surface area contributed by atoms with Gasteiger partial charge < -0.3 is 15.1 Å². The molecule has 2 heterocycles. The smallest absolute Gasteiger partial charge is 0.247 e. The van der Waals surface area contributed by atoms with Crippen LogP contribution in [0.3, 0.4) is 0 Å². The van der Waals surface area contributed by atoms with Crippen molar-refractivity contribution in [1.82, 2.24) is 15.2 Å². The first-order valence-corrected chi connectivity index (χ1v) is 9.35. The van der Waals surface area contributed by atoms with E-state index in [4.69, 9.17) is 11.6 Å². The predicted molar refractivity (Wildman–Crippen MR) is 110 cm³/mol. The lowest BCUT2D eigenvalue weighted by atomic mass is 10.2. The number of hydrogen-bond acceptors (Lipinski definition) is 6. The molecule has 7 heteroatoms. The van der Waals surface area contributed by atoms with Crippen LogP contribution in [0.1, 0.15) is 5.56 Å². The van der Waals surface area contributed by atoms with E-state index >= 15 is 0 Å². The number of nitrogens with zero attached hydrogens (tertiary/aromatic N) is 5. The van der Waals surface area contributed by atoms with Gasteiger partial charge in [0.15, 0.2) is 5.82 Å². The first-order chi connectivity index (χ1) is 13.2. The lowest BCUT2D eigenvalue weighted by molar-refractivity contribution is 0.635. The molecule has 0 spiro atoms. The predicted octanol–water partition coefficient (Wildman–Crippen LogP) is 3.90. The second kappa shape index (κ2) is 7.80. The van der Waals surface area contributed by atoms with E-state index in [2.05, 4.69) is 54.6 Å². The molecule has 1 aliphatic heterocycles. The summed E-state index contributed by atoms with van der Waals surface area (Å²) in [7, 11) is 0. The minimum absolute atomic E-state index is 0.652. The number of anilines is 4. The molecular formula is C20H21ClN6. The van der Waals surface area contributed by atoms with E-state index in [9.17, 15) is 0 Å². The summed E-state index contributed by atoms with van der Waals surface area (Å²) in [5.74, 6) is 1.33. The van der Waals surface area contributed by atoms with E-state index in [1.807, 2.05) is 31.2 Å². The van der Waals surface area contributed by atoms with Crippen molar-refractivity contribution in [2.24, 2.45) is 0 Å². The van der Waals surface area contributed by atoms with Gasteiger partial charge in [-0.05, 0) is 42.8 Å². The number of nitrogens with one attached hydrogen (secondary N) is 1. The summed E-state index contributed by atoms with van der Waals surface area (Å²) < 4.78 is 0. The second-order valence-corrected chi connectivity index (χ2v) is 6.97. The number of benzene rings is 2. The third-order valence-electron chi connectivity index (χ3n) is 4.68. The van der Waals surface area contributed by atoms with Crippen LogP contribution in [0.4, 0.5) is 23.1 Å². The molecule has 0 radical (unpaired) electrons. The van der Waals surface area contributed by atoms with Gasteiger partial charge in [-0.15, -0.1) is 5.10 Å². The molecule has 1 aliphatic rings. The largest absolute Gasteiger partial charge is 0.368 e. The van der Waals surface area contributed by atoms with Crippen LogP contribution in [-0.4, -0.2) is 41.4 Å². The first-order valence-electron chi connectivity index (χ1n) is 8.97. The van der Waals surface area contributed by atoms with Crippen LogP contribution in [0.2, 0.25) is 5.02 Å². The van der Waals surface area contributed by atoms with Crippen LogP contribution in [0.15, 0.2) is 54.7 Å². The molecule has 1 fully saturated rings. The summed E-state index contributed by atoms with van der Waals surface area (Å²) >= 11 is 6.03. The van der Waals surface area contributed by atoms with Gasteiger partial charge >= 0.3 is 0 Å². The van der Waals surface area contributed by atoms with Crippen LogP contribution in [-0.2, 0) is 0 Å². The molecule has 1 N–H and O–H groups in total. The maximum atomic E-state index is 6.03. The Hall–Kier alpha value is -2.86. The normalized spacial score (nSPS) is 14.3. The molecule has 4 rings (SSSR count). The number of aromatic nitrogens is 3. The molecule has 0 amide bonds. The highest BCUT2D eigenvalue weighted by Gasteiger charge is 2.19. The lowest BCUT2D eigenvalue weighted by Gasteiger charge is -2.35. The Morgan fingerprint density at radius 2 is 1.70 bits per heavy atom. The average Bonchev–Trinajstić information content (AvgIpc) is 2.71. The molecule has 3 aromatic rings. The van der Waals surface area contributed by atoms with Gasteiger partial charge in [-0.25, -0.2) is 0 Å². The minimum Gasteiger partial charge on any atom is -0.368 e. The molecule has 0 bridgehead atoms. The van der Waals surface area contributed by atoms with Gasteiger partial charge in [0.2, 0.25) is 5.95 Å². The van der Waals surface area contributed by atoms with E-state index in [1.54, 1.807) is 6.20 Å². The molecule has 0 unspecified atom stereocenters. The zero-order valence-electron chi connectivity index (χ0n) is 15.1. The van der Waals surface area contributed by atoms with Gasteiger partial charge in [-0.2, -0.15) is 10.1 Å². The van der Waals surface area contributed by atoms with Crippen LogP contribution in [0.5, 0.6) is 0 Å². The van der Waals surface area contributed by atoms with Crippen molar-refractivity contribution in [2.75, 3.05) is 41.3 Å². The first kappa shape index (κ1) is 17.5. The van der Waals surface area contributed by atoms with Gasteiger partial charge in [0.05, 0.1) is 6.20 Å². The van der Waals surface area contributed by atoms with Crippen LogP contribution < -0.4 is 15.1 Å². The van der Waals surface area contributed by atoms with Crippen molar-refractivity contribution >= 4 is 34.7 Å². The number of para-hydroxylation sites is 1. The number of aryl methyl sites for hydroxylation is 1. The number of halogens is 1. The monoisotopic (exact) mass is 380 g/mol. The van der Waals surface area contributed by atoms with Gasteiger partial charge in [0.25, 0.3) is 0 Å². The molecule has 0 aliphatic carbocycles. The highest BCUT2D eigenvalue weighted by atomic mass is 35.5. The van der Waals surface area contributed by atoms with E-state index in [0.29, 0.717) is 11.8 Å². The molecule has 2 aromatic carbocycles. The standard InChI is InChI=1S/C20H21ClN6/c1-15-13-16(21)7-8-18(15)23-19-14-22-25-20(24-19)27-11-9-26(10-12-27)17-5-3-2-4-6-17/h2-8,13-14H,9-12H2,1H3,(H,23,24,25). The third-order valence-corrected chi connectivity index (χ3v) is 4.92. The van der Waals surface area contributed by atoms with Gasteiger partial charge in [0.1, 0.15) is 0 Å². The van der Waals surface area contributed by atoms with Crippen LogP contribution >= 0.6 is 11.6 Å². The minimum atomic E-state index is 0.652. The Labute approximate surface area is 163 Å². The average molecular weight is 381 g/mol. The van der Waals surface area contributed by atoms with E-state index in [1.165, 1.54) is 5.69 Å². The zero-order valence-corrected chi connectivity index (χ0v) is 15.9. The van der Waals surface area contributed by atoms with Crippen molar-refractivity contribution in [3.8, 4) is 0 Å². The van der Waals surface area contributed by atoms with Crippen molar-refractivity contribution < 1.29 is 0 Å². The van der Waals surface area contributed by atoms with E-state index in [0.717, 1.165) is 42.5 Å². The fourth-order valence-electron chi connectivity index (χ4n) is 3.20. The molecule has 138 valence electrons. The fourth-order valence-corrected chi connectivity index (χ4v) is 3.42. The van der Waals surface area contributed by atoms with Crippen molar-refractivity contribution in [3.63, 3.8) is 0 Å². The third kappa shape index (κ3) is 4.11. The maximum Gasteiger partial charge on any atom is 0.247 e. The van der Waals surface area contributed by atoms with Crippen molar-refractivity contribution in [3.05, 3.63) is 65.3 Å². The molecule has 27 heavy (non-hydrogen) atoms. The topological polar surface area (TPSA) is 57.2 Å². The van der Waals surface area contributed by atoms with Gasteiger partial charge in [-0.3, -0.25) is 0 Å². The second-order valence-electron chi connectivity index (χ2n) is 6.54. The summed E-state index contributed by atoms with van der Waals surface area (Å²) in [5, 5.41) is 12.4. The Bertz CT molecular complexity index is 909. The molecule has 0 atom stereocenters. The summed E-state index contributed by atoms with van der Waals surface area (Å²) in [6.07, 6.45) is 1.64. The quantitative estimate of drug-likeness (QED) is 0.740. The van der Waals surface area contributed by atoms with E-state index < -0.39 is 0 Å². The van der Waals surface area contributed by atoms with Crippen molar-refractivity contribution in [1.29, 1.82) is 0 Å². The summed E-state index contributed by atoms with van der Waals surface area (Å²) in [6.45, 7) is 5.59. The maximum absolute atomic E-state index is 6.03. The summed E-state index contributed by atoms with van der Waals surface area (Å²) in [4.78, 5) is 9.19. The highest BCUT2D eigenvalue weighted by molar-refractivity contribution is 6.30. The Morgan fingerprint density at radius 3 is 2.44 bits per heavy atom. The van der Waals surface area contributed by atoms with E-state index in [-0.39, 0.29) is 0 Å². The van der Waals surface area contributed by atoms with Crippen LogP contribution in [0.25, 0.3) is 0 Å². The lowest BCUT2D eigenvalue weighted by Crippen LogP contribution is -2.47. The molecule has 1 saturated heterocycles. The Kier molecular flexibility index (Phi) is 5.07. The van der Waals surface area contributed by atoms with Crippen LogP contribution in [0, 0.1) is 6.92 Å². The van der Waals surface area contributed by atoms with Gasteiger partial charge in [0, 0.05) is 42.6 Å². The molecule has 1 aromatic heterocycles. The van der Waals surface area contributed by atoms with Gasteiger partial charge in [-0.1, -0.05) is 29.8 Å². The number of rotatable bonds is 4. The summed E-state index contributed by atoms with van der Waals surface area (Å²) in [6, 6.07) is 16.2. The molecule has 6 nitrogen and oxygen atoms in total. The molecule has 0 saturated carbocycles. The molecular weight excluding hydrogens is 360 g/mol. The number of hydrogen-bond donors (Lipinski definition) is 1.